The second kappa shape index (κ2) is 7.42. The average Bonchev–Trinajstić information content (AvgIpc) is 2.73. The lowest BCUT2D eigenvalue weighted by Crippen LogP contribution is -2.26. The van der Waals surface area contributed by atoms with Gasteiger partial charge in [0.1, 0.15) is 0 Å². The van der Waals surface area contributed by atoms with E-state index < -0.39 is 0 Å². The minimum atomic E-state index is 0.00875. The molecule has 3 nitrogen and oxygen atoms in total. The summed E-state index contributed by atoms with van der Waals surface area (Å²) in [4.78, 5) is 19.1. The van der Waals surface area contributed by atoms with Gasteiger partial charge >= 0.3 is 0 Å². The Morgan fingerprint density at radius 3 is 2.48 bits per heavy atom. The fourth-order valence-electron chi connectivity index (χ4n) is 3.21. The lowest BCUT2D eigenvalue weighted by molar-refractivity contribution is 0.0785. The highest BCUT2D eigenvalue weighted by Gasteiger charge is 2.13. The summed E-state index contributed by atoms with van der Waals surface area (Å²) < 4.78 is 0. The maximum Gasteiger partial charge on any atom is 0.253 e. The van der Waals surface area contributed by atoms with Gasteiger partial charge in [-0.15, -0.1) is 0 Å². The Labute approximate surface area is 158 Å². The van der Waals surface area contributed by atoms with Gasteiger partial charge in [0, 0.05) is 36.3 Å². The van der Waals surface area contributed by atoms with E-state index in [1.165, 1.54) is 0 Å². The van der Waals surface area contributed by atoms with Crippen LogP contribution in [0.15, 0.2) is 91.1 Å². The normalized spacial score (nSPS) is 10.7. The molecule has 0 saturated heterocycles. The van der Waals surface area contributed by atoms with Gasteiger partial charge in [0.15, 0.2) is 0 Å². The Bertz CT molecular complexity index is 1090. The SMILES string of the molecule is CN(Cc1ccccc1)C(=O)c1cccc(-c2cnc3ccccc3c2)c1. The molecule has 4 rings (SSSR count). The summed E-state index contributed by atoms with van der Waals surface area (Å²) in [5, 5.41) is 1.09. The number of carbonyl (C=O) groups excluding carboxylic acids is 1. The Balaban J connectivity index is 1.60. The topological polar surface area (TPSA) is 33.2 Å². The second-order valence-corrected chi connectivity index (χ2v) is 6.64. The number of fused-ring (bicyclic) bond motifs is 1. The summed E-state index contributed by atoms with van der Waals surface area (Å²) in [6, 6.07) is 27.9. The molecular formula is C24H20N2O. The van der Waals surface area contributed by atoms with Gasteiger partial charge < -0.3 is 4.90 Å². The molecule has 1 heterocycles. The van der Waals surface area contributed by atoms with Crippen LogP contribution in [0.4, 0.5) is 0 Å². The van der Waals surface area contributed by atoms with Crippen molar-refractivity contribution in [2.45, 2.75) is 6.54 Å². The molecule has 0 aliphatic rings. The first-order valence-corrected chi connectivity index (χ1v) is 8.95. The Hall–Kier alpha value is -3.46. The van der Waals surface area contributed by atoms with Gasteiger partial charge in [0.05, 0.1) is 5.52 Å². The van der Waals surface area contributed by atoms with Gasteiger partial charge in [-0.05, 0) is 35.4 Å². The molecule has 0 radical (unpaired) electrons. The predicted octanol–water partition coefficient (Wildman–Crippen LogP) is 5.17. The summed E-state index contributed by atoms with van der Waals surface area (Å²) in [6.07, 6.45) is 1.86. The standard InChI is InChI=1S/C24H20N2O/c1-26(17-18-8-3-2-4-9-18)24(27)21-12-7-11-19(14-21)22-15-20-10-5-6-13-23(20)25-16-22/h2-16H,17H2,1H3. The van der Waals surface area contributed by atoms with Gasteiger partial charge in [-0.1, -0.05) is 60.7 Å². The summed E-state index contributed by atoms with van der Waals surface area (Å²) in [5.74, 6) is 0.00875. The molecule has 3 heteroatoms. The van der Waals surface area contributed by atoms with Crippen LogP contribution in [0, 0.1) is 0 Å². The quantitative estimate of drug-likeness (QED) is 0.507. The van der Waals surface area contributed by atoms with E-state index in [1.807, 2.05) is 86.0 Å². The number of amides is 1. The van der Waals surface area contributed by atoms with Gasteiger partial charge in [-0.3, -0.25) is 9.78 Å². The van der Waals surface area contributed by atoms with Crippen molar-refractivity contribution in [2.24, 2.45) is 0 Å². The number of hydrogen-bond acceptors (Lipinski definition) is 2. The molecule has 0 atom stereocenters. The summed E-state index contributed by atoms with van der Waals surface area (Å²) >= 11 is 0. The molecule has 0 aliphatic heterocycles. The minimum absolute atomic E-state index is 0.00875. The third-order valence-electron chi connectivity index (χ3n) is 4.64. The maximum atomic E-state index is 12.9. The van der Waals surface area contributed by atoms with E-state index in [9.17, 15) is 4.79 Å². The smallest absolute Gasteiger partial charge is 0.253 e. The molecule has 0 bridgehead atoms. The Morgan fingerprint density at radius 1 is 0.852 bits per heavy atom. The van der Waals surface area contributed by atoms with Crippen LogP contribution in [0.1, 0.15) is 15.9 Å². The lowest BCUT2D eigenvalue weighted by Gasteiger charge is -2.18. The van der Waals surface area contributed by atoms with Crippen LogP contribution in [0.25, 0.3) is 22.0 Å². The van der Waals surface area contributed by atoms with E-state index in [1.54, 1.807) is 4.90 Å². The van der Waals surface area contributed by atoms with E-state index >= 15 is 0 Å². The summed E-state index contributed by atoms with van der Waals surface area (Å²) in [5.41, 5.74) is 4.76. The molecule has 4 aromatic rings. The first kappa shape index (κ1) is 17.0. The van der Waals surface area contributed by atoms with Gasteiger partial charge in [0.2, 0.25) is 0 Å². The van der Waals surface area contributed by atoms with Crippen molar-refractivity contribution < 1.29 is 4.79 Å². The highest BCUT2D eigenvalue weighted by molar-refractivity contribution is 5.95. The number of aromatic nitrogens is 1. The molecule has 1 aromatic heterocycles. The van der Waals surface area contributed by atoms with Crippen LogP contribution in [0.2, 0.25) is 0 Å². The van der Waals surface area contributed by atoms with E-state index in [0.717, 1.165) is 27.6 Å². The molecule has 0 fully saturated rings. The summed E-state index contributed by atoms with van der Waals surface area (Å²) in [6.45, 7) is 0.585. The van der Waals surface area contributed by atoms with Crippen molar-refractivity contribution in [3.8, 4) is 11.1 Å². The zero-order valence-corrected chi connectivity index (χ0v) is 15.2. The molecule has 3 aromatic carbocycles. The molecule has 27 heavy (non-hydrogen) atoms. The van der Waals surface area contributed by atoms with Crippen molar-refractivity contribution in [3.63, 3.8) is 0 Å². The van der Waals surface area contributed by atoms with Gasteiger partial charge in [-0.2, -0.15) is 0 Å². The zero-order valence-electron chi connectivity index (χ0n) is 15.2. The minimum Gasteiger partial charge on any atom is -0.337 e. The largest absolute Gasteiger partial charge is 0.337 e. The van der Waals surface area contributed by atoms with Crippen LogP contribution in [-0.4, -0.2) is 22.8 Å². The van der Waals surface area contributed by atoms with Gasteiger partial charge in [-0.25, -0.2) is 0 Å². The number of pyridine rings is 1. The molecular weight excluding hydrogens is 332 g/mol. The van der Waals surface area contributed by atoms with Crippen molar-refractivity contribution in [2.75, 3.05) is 7.05 Å². The monoisotopic (exact) mass is 352 g/mol. The highest BCUT2D eigenvalue weighted by Crippen LogP contribution is 2.24. The van der Waals surface area contributed by atoms with E-state index in [2.05, 4.69) is 17.1 Å². The summed E-state index contributed by atoms with van der Waals surface area (Å²) in [7, 11) is 1.83. The van der Waals surface area contributed by atoms with E-state index in [4.69, 9.17) is 0 Å². The Kier molecular flexibility index (Phi) is 4.67. The number of para-hydroxylation sites is 1. The Morgan fingerprint density at radius 2 is 1.63 bits per heavy atom. The van der Waals surface area contributed by atoms with E-state index in [-0.39, 0.29) is 5.91 Å². The maximum absolute atomic E-state index is 12.9. The van der Waals surface area contributed by atoms with E-state index in [0.29, 0.717) is 12.1 Å². The molecule has 132 valence electrons. The van der Waals surface area contributed by atoms with Crippen molar-refractivity contribution in [1.29, 1.82) is 0 Å². The number of hydrogen-bond donors (Lipinski definition) is 0. The fraction of sp³-hybridized carbons (Fsp3) is 0.0833. The number of carbonyl (C=O) groups is 1. The molecule has 0 aliphatic carbocycles. The number of benzene rings is 3. The highest BCUT2D eigenvalue weighted by atomic mass is 16.2. The molecule has 1 amide bonds. The third kappa shape index (κ3) is 3.72. The van der Waals surface area contributed by atoms with Crippen molar-refractivity contribution >= 4 is 16.8 Å². The number of rotatable bonds is 4. The van der Waals surface area contributed by atoms with Crippen LogP contribution in [0.3, 0.4) is 0 Å². The first-order chi connectivity index (χ1) is 13.2. The lowest BCUT2D eigenvalue weighted by atomic mass is 10.0. The fourth-order valence-corrected chi connectivity index (χ4v) is 3.21. The van der Waals surface area contributed by atoms with Crippen molar-refractivity contribution in [3.05, 3.63) is 102 Å². The van der Waals surface area contributed by atoms with Crippen LogP contribution >= 0.6 is 0 Å². The molecule has 0 unspecified atom stereocenters. The molecule has 0 N–H and O–H groups in total. The predicted molar refractivity (Wildman–Crippen MR) is 109 cm³/mol. The average molecular weight is 352 g/mol. The van der Waals surface area contributed by atoms with Gasteiger partial charge in [0.25, 0.3) is 5.91 Å². The third-order valence-corrected chi connectivity index (χ3v) is 4.64. The van der Waals surface area contributed by atoms with Crippen LogP contribution < -0.4 is 0 Å². The molecule has 0 saturated carbocycles. The number of nitrogens with zero attached hydrogens (tertiary/aromatic N) is 2. The van der Waals surface area contributed by atoms with Crippen LogP contribution in [0.5, 0.6) is 0 Å². The molecule has 0 spiro atoms. The first-order valence-electron chi connectivity index (χ1n) is 8.95. The zero-order chi connectivity index (χ0) is 18.6. The van der Waals surface area contributed by atoms with Crippen molar-refractivity contribution in [1.82, 2.24) is 9.88 Å². The second-order valence-electron chi connectivity index (χ2n) is 6.64. The van der Waals surface area contributed by atoms with Crippen LogP contribution in [-0.2, 0) is 6.54 Å².